The lowest BCUT2D eigenvalue weighted by Crippen LogP contribution is -2.78. The van der Waals surface area contributed by atoms with Crippen molar-refractivity contribution in [1.29, 1.82) is 0 Å². The Morgan fingerprint density at radius 1 is 0.985 bits per heavy atom. The first-order chi connectivity index (χ1) is 30.8. The first-order valence-corrected chi connectivity index (χ1v) is 23.3. The highest BCUT2D eigenvalue weighted by molar-refractivity contribution is 7.92. The molecule has 4 aromatic heterocycles. The maximum absolute atomic E-state index is 15.1. The molecule has 6 heterocycles. The van der Waals surface area contributed by atoms with Gasteiger partial charge in [0.1, 0.15) is 29.5 Å². The predicted octanol–water partition coefficient (Wildman–Crippen LogP) is 7.45. The number of halogens is 7. The summed E-state index contributed by atoms with van der Waals surface area (Å²) in [4.78, 5) is 40.5. The fraction of sp³-hybridized carbons (Fsp3) is 0.429. The second kappa shape index (κ2) is 15.5. The standard InChI is InChI=1S/C42H41F7N10O5S2/c1-39(2,3)64-38(61)58-12-11-40(58)19-57(20-40)37-52-36-29(65-37)17-27(24-7-6-8-25-32(24)56(4)54-35(25)55-66(5,62)63)31(51-36)28(15-21-13-22(43)16-23(44)14-21)50-30(60)18-59-34-26(9-10-41(34,45)46)33(53-59)42(47,48)49/h6-8,13-14,16-17,28H,9-12,15,18-20H2,1-5H3,(H,50,60)(H,54,55)/t28-/m0/s1. The van der Waals surface area contributed by atoms with E-state index < -0.39 is 99.3 Å². The predicted molar refractivity (Wildman–Crippen MR) is 228 cm³/mol. The molecule has 2 N–H and O–H groups in total. The summed E-state index contributed by atoms with van der Waals surface area (Å²) in [5, 5.41) is 11.4. The number of thiazole rings is 1. The van der Waals surface area contributed by atoms with Gasteiger partial charge in [-0.05, 0) is 69.9 Å². The Morgan fingerprint density at radius 2 is 1.70 bits per heavy atom. The van der Waals surface area contributed by atoms with Gasteiger partial charge < -0.3 is 15.0 Å². The van der Waals surface area contributed by atoms with Crippen LogP contribution in [0.2, 0.25) is 0 Å². The molecule has 0 bridgehead atoms. The van der Waals surface area contributed by atoms with Crippen LogP contribution in [0, 0.1) is 11.6 Å². The number of aryl methyl sites for hydroxylation is 1. The summed E-state index contributed by atoms with van der Waals surface area (Å²) < 4.78 is 137. The van der Waals surface area contributed by atoms with Crippen LogP contribution in [0.5, 0.6) is 0 Å². The number of fused-ring (bicyclic) bond motifs is 3. The third-order valence-electron chi connectivity index (χ3n) is 11.7. The summed E-state index contributed by atoms with van der Waals surface area (Å²) in [5.41, 5.74) is -3.09. The molecule has 9 rings (SSSR count). The lowest BCUT2D eigenvalue weighted by Gasteiger charge is -2.61. The van der Waals surface area contributed by atoms with Crippen molar-refractivity contribution in [2.75, 3.05) is 35.5 Å². The molecule has 6 aromatic rings. The van der Waals surface area contributed by atoms with E-state index in [0.29, 0.717) is 62.2 Å². The molecule has 350 valence electrons. The molecule has 0 radical (unpaired) electrons. The van der Waals surface area contributed by atoms with Crippen molar-refractivity contribution in [3.63, 3.8) is 0 Å². The number of nitrogens with one attached hydrogen (secondary N) is 2. The van der Waals surface area contributed by atoms with E-state index in [-0.39, 0.29) is 29.1 Å². The summed E-state index contributed by atoms with van der Waals surface area (Å²) in [6.45, 7) is 5.66. The molecule has 0 unspecified atom stereocenters. The third-order valence-corrected chi connectivity index (χ3v) is 13.4. The van der Waals surface area contributed by atoms with Gasteiger partial charge in [-0.3, -0.25) is 23.8 Å². The van der Waals surface area contributed by atoms with Crippen LogP contribution in [0.15, 0.2) is 42.5 Å². The number of alkyl halides is 5. The number of pyridine rings is 1. The van der Waals surface area contributed by atoms with E-state index in [1.165, 1.54) is 16.0 Å². The number of para-hydroxylation sites is 1. The fourth-order valence-corrected chi connectivity index (χ4v) is 10.5. The quantitative estimate of drug-likeness (QED) is 0.132. The Morgan fingerprint density at radius 3 is 2.33 bits per heavy atom. The number of hydrogen-bond donors (Lipinski definition) is 2. The number of amides is 2. The summed E-state index contributed by atoms with van der Waals surface area (Å²) in [6.07, 6.45) is -5.72. The number of hydrogen-bond acceptors (Lipinski definition) is 11. The van der Waals surface area contributed by atoms with Crippen LogP contribution in [-0.4, -0.2) is 91.9 Å². The van der Waals surface area contributed by atoms with Gasteiger partial charge in [-0.1, -0.05) is 23.5 Å². The van der Waals surface area contributed by atoms with Crippen molar-refractivity contribution in [2.45, 2.75) is 82.3 Å². The largest absolute Gasteiger partial charge is 0.444 e. The first kappa shape index (κ1) is 45.1. The molecular weight excluding hydrogens is 922 g/mol. The minimum absolute atomic E-state index is 0.00230. The number of ether oxygens (including phenoxy) is 1. The van der Waals surface area contributed by atoms with Gasteiger partial charge in [0.25, 0.3) is 5.92 Å². The van der Waals surface area contributed by atoms with Crippen molar-refractivity contribution in [2.24, 2.45) is 7.05 Å². The average molecular weight is 963 g/mol. The van der Waals surface area contributed by atoms with Crippen LogP contribution in [0.1, 0.15) is 67.9 Å². The molecule has 0 saturated carbocycles. The lowest BCUT2D eigenvalue weighted by molar-refractivity contribution is -0.142. The van der Waals surface area contributed by atoms with E-state index in [9.17, 15) is 40.0 Å². The second-order valence-electron chi connectivity index (χ2n) is 17.9. The van der Waals surface area contributed by atoms with Crippen molar-refractivity contribution < 1.29 is 53.5 Å². The Labute approximate surface area is 376 Å². The highest BCUT2D eigenvalue weighted by Gasteiger charge is 2.57. The molecule has 1 spiro atoms. The number of aromatic nitrogens is 6. The van der Waals surface area contributed by atoms with Crippen molar-refractivity contribution in [3.05, 3.63) is 82.3 Å². The highest BCUT2D eigenvalue weighted by atomic mass is 32.2. The van der Waals surface area contributed by atoms with Gasteiger partial charge in [0.15, 0.2) is 22.3 Å². The van der Waals surface area contributed by atoms with Crippen LogP contribution in [-0.2, 0) is 58.1 Å². The topological polar surface area (TPSA) is 169 Å². The van der Waals surface area contributed by atoms with Crippen molar-refractivity contribution >= 4 is 65.6 Å². The maximum atomic E-state index is 15.1. The molecule has 2 aliphatic heterocycles. The molecular formula is C42H41F7N10O5S2. The summed E-state index contributed by atoms with van der Waals surface area (Å²) >= 11 is 1.27. The van der Waals surface area contributed by atoms with Crippen LogP contribution in [0.4, 0.5) is 46.5 Å². The molecule has 3 aliphatic rings. The average Bonchev–Trinajstić information content (AvgIpc) is 3.90. The van der Waals surface area contributed by atoms with Crippen LogP contribution >= 0.6 is 11.3 Å². The SMILES string of the molecule is Cn1nc(NS(C)(=O)=O)c2cccc(-c3cc4sc(N5CC6(CCN6C(=O)OC(C)(C)C)C5)nc4nc3[C@H](Cc3cc(F)cc(F)c3)NC(=O)Cn3nc(C(F)(F)F)c4c3C(F)(F)CC4)c21. The number of anilines is 2. The number of carbonyl (C=O) groups excluding carboxylic acids is 2. The lowest BCUT2D eigenvalue weighted by atomic mass is 9.78. The summed E-state index contributed by atoms with van der Waals surface area (Å²) in [5.74, 6) is -6.71. The molecule has 2 saturated heterocycles. The van der Waals surface area contributed by atoms with Gasteiger partial charge in [-0.25, -0.2) is 27.0 Å². The van der Waals surface area contributed by atoms with Gasteiger partial charge in [0, 0.05) is 61.2 Å². The number of sulfonamides is 1. The Hall–Kier alpha value is -6.04. The monoisotopic (exact) mass is 962 g/mol. The molecule has 1 atom stereocenters. The number of likely N-dealkylation sites (tertiary alicyclic amines) is 1. The zero-order chi connectivity index (χ0) is 47.5. The van der Waals surface area contributed by atoms with Gasteiger partial charge in [-0.2, -0.15) is 37.1 Å². The van der Waals surface area contributed by atoms with Gasteiger partial charge in [-0.15, -0.1) is 0 Å². The summed E-state index contributed by atoms with van der Waals surface area (Å²) in [6, 6.07) is 7.96. The molecule has 15 nitrogen and oxygen atoms in total. The Bertz CT molecular complexity index is 3060. The minimum Gasteiger partial charge on any atom is -0.444 e. The number of benzene rings is 2. The normalized spacial score (nSPS) is 17.2. The zero-order valence-electron chi connectivity index (χ0n) is 35.9. The van der Waals surface area contributed by atoms with Crippen LogP contribution in [0.3, 0.4) is 0 Å². The first-order valence-electron chi connectivity index (χ1n) is 20.6. The smallest absolute Gasteiger partial charge is 0.435 e. The van der Waals surface area contributed by atoms with Crippen LogP contribution in [0.25, 0.3) is 32.4 Å². The molecule has 2 amide bonds. The van der Waals surface area contributed by atoms with E-state index in [2.05, 4.69) is 20.2 Å². The van der Waals surface area contributed by atoms with E-state index in [4.69, 9.17) is 14.7 Å². The van der Waals surface area contributed by atoms with Gasteiger partial charge in [0.05, 0.1) is 33.7 Å². The minimum atomic E-state index is -5.09. The summed E-state index contributed by atoms with van der Waals surface area (Å²) in [7, 11) is -2.24. The zero-order valence-corrected chi connectivity index (χ0v) is 37.5. The maximum Gasteiger partial charge on any atom is 0.435 e. The van der Waals surface area contributed by atoms with E-state index in [0.717, 1.165) is 24.8 Å². The second-order valence-corrected chi connectivity index (χ2v) is 20.6. The molecule has 24 heteroatoms. The number of carbonyl (C=O) groups is 2. The van der Waals surface area contributed by atoms with E-state index in [1.807, 2.05) is 4.90 Å². The van der Waals surface area contributed by atoms with E-state index >= 15 is 8.78 Å². The van der Waals surface area contributed by atoms with E-state index in [1.54, 1.807) is 57.0 Å². The Kier molecular flexibility index (Phi) is 10.6. The molecule has 66 heavy (non-hydrogen) atoms. The Balaban J connectivity index is 1.16. The fourth-order valence-electron chi connectivity index (χ4n) is 9.00. The third kappa shape index (κ3) is 8.36. The van der Waals surface area contributed by atoms with Gasteiger partial charge >= 0.3 is 12.3 Å². The van der Waals surface area contributed by atoms with Gasteiger partial charge in [0.2, 0.25) is 15.9 Å². The van der Waals surface area contributed by atoms with Crippen molar-refractivity contribution in [3.8, 4) is 11.1 Å². The number of rotatable bonds is 10. The molecule has 2 aromatic carbocycles. The molecule has 2 fully saturated rings. The highest BCUT2D eigenvalue weighted by Crippen LogP contribution is 2.48. The van der Waals surface area contributed by atoms with Crippen molar-refractivity contribution in [1.82, 2.24) is 39.7 Å². The molecule has 1 aliphatic carbocycles. The van der Waals surface area contributed by atoms with Crippen LogP contribution < -0.4 is 14.9 Å². The number of nitrogens with zero attached hydrogens (tertiary/aromatic N) is 8.